The molecule has 0 saturated heterocycles. The van der Waals surface area contributed by atoms with Crippen molar-refractivity contribution in [2.75, 3.05) is 41.4 Å². The number of ketones is 1. The maximum atomic E-state index is 12.6. The van der Waals surface area contributed by atoms with Crippen molar-refractivity contribution in [1.29, 1.82) is 0 Å². The van der Waals surface area contributed by atoms with Crippen molar-refractivity contribution in [3.63, 3.8) is 0 Å². The standard InChI is InChI=1S/C19H30N2O3/c1-7-23-17(13-20(3)4)11-15-9-10-16(19(15)22)12-18(24-8-2)14-21(5)6/h11-14H,7-10H2,1-6H3. The highest BCUT2D eigenvalue weighted by atomic mass is 16.5. The SMILES string of the molecule is CCOC(=CN(C)C)C=C1CCC(=CC(=CN(C)C)OCC)C1=O. The average Bonchev–Trinajstić information content (AvgIpc) is 2.79. The van der Waals surface area contributed by atoms with Crippen molar-refractivity contribution >= 4 is 5.78 Å². The molecule has 1 rings (SSSR count). The lowest BCUT2D eigenvalue weighted by atomic mass is 10.1. The van der Waals surface area contributed by atoms with E-state index in [0.717, 1.165) is 24.0 Å². The fourth-order valence-corrected chi connectivity index (χ4v) is 2.40. The molecule has 0 unspecified atom stereocenters. The highest BCUT2D eigenvalue weighted by molar-refractivity contribution is 6.11. The third-order valence-corrected chi connectivity index (χ3v) is 3.27. The number of ether oxygens (including phenoxy) is 2. The Balaban J connectivity index is 3.01. The van der Waals surface area contributed by atoms with Crippen LogP contribution in [-0.4, -0.2) is 57.0 Å². The molecule has 0 N–H and O–H groups in total. The van der Waals surface area contributed by atoms with Crippen LogP contribution in [0, 0.1) is 0 Å². The Kier molecular flexibility index (Phi) is 8.16. The van der Waals surface area contributed by atoms with Crippen LogP contribution >= 0.6 is 0 Å². The van der Waals surface area contributed by atoms with Crippen LogP contribution in [-0.2, 0) is 14.3 Å². The first-order chi connectivity index (χ1) is 11.4. The largest absolute Gasteiger partial charge is 0.492 e. The zero-order valence-corrected chi connectivity index (χ0v) is 15.8. The molecular formula is C19H30N2O3. The lowest BCUT2D eigenvalue weighted by Crippen LogP contribution is -2.06. The summed E-state index contributed by atoms with van der Waals surface area (Å²) >= 11 is 0. The van der Waals surface area contributed by atoms with Gasteiger partial charge in [-0.3, -0.25) is 4.79 Å². The quantitative estimate of drug-likeness (QED) is 0.504. The van der Waals surface area contributed by atoms with Gasteiger partial charge >= 0.3 is 0 Å². The van der Waals surface area contributed by atoms with Gasteiger partial charge in [0, 0.05) is 51.7 Å². The fraction of sp³-hybridized carbons (Fsp3) is 0.526. The average molecular weight is 334 g/mol. The highest BCUT2D eigenvalue weighted by Gasteiger charge is 2.24. The number of carbonyl (C=O) groups is 1. The lowest BCUT2D eigenvalue weighted by molar-refractivity contribution is -0.111. The molecule has 0 aromatic rings. The van der Waals surface area contributed by atoms with Gasteiger partial charge in [-0.2, -0.15) is 0 Å². The number of nitrogens with zero attached hydrogens (tertiary/aromatic N) is 2. The van der Waals surface area contributed by atoms with E-state index in [2.05, 4.69) is 0 Å². The summed E-state index contributed by atoms with van der Waals surface area (Å²) in [6.07, 6.45) is 8.91. The minimum absolute atomic E-state index is 0.0729. The molecule has 5 heteroatoms. The Hall–Kier alpha value is -2.17. The van der Waals surface area contributed by atoms with Crippen molar-refractivity contribution in [3.8, 4) is 0 Å². The van der Waals surface area contributed by atoms with Crippen molar-refractivity contribution in [1.82, 2.24) is 9.80 Å². The number of carbonyl (C=O) groups excluding carboxylic acids is 1. The Morgan fingerprint density at radius 1 is 0.875 bits per heavy atom. The molecule has 0 atom stereocenters. The summed E-state index contributed by atoms with van der Waals surface area (Å²) < 4.78 is 11.2. The van der Waals surface area contributed by atoms with Gasteiger partial charge in [0.1, 0.15) is 11.5 Å². The second kappa shape index (κ2) is 9.85. The van der Waals surface area contributed by atoms with E-state index in [-0.39, 0.29) is 5.78 Å². The van der Waals surface area contributed by atoms with Gasteiger partial charge in [0.05, 0.1) is 13.2 Å². The summed E-state index contributed by atoms with van der Waals surface area (Å²) in [7, 11) is 7.72. The molecule has 0 aliphatic heterocycles. The predicted octanol–water partition coefficient (Wildman–Crippen LogP) is 3.08. The number of rotatable bonds is 8. The first-order valence-corrected chi connectivity index (χ1v) is 8.35. The van der Waals surface area contributed by atoms with E-state index in [4.69, 9.17) is 9.47 Å². The Bertz CT molecular complexity index is 507. The molecule has 134 valence electrons. The molecule has 0 radical (unpaired) electrons. The second-order valence-corrected chi connectivity index (χ2v) is 6.02. The van der Waals surface area contributed by atoms with Crippen LogP contribution in [0.15, 0.2) is 47.2 Å². The molecule has 0 amide bonds. The normalized spacial score (nSPS) is 19.2. The monoisotopic (exact) mass is 334 g/mol. The van der Waals surface area contributed by atoms with Gasteiger partial charge in [-0.05, 0) is 38.8 Å². The van der Waals surface area contributed by atoms with Gasteiger partial charge in [-0.25, -0.2) is 0 Å². The third-order valence-electron chi connectivity index (χ3n) is 3.27. The second-order valence-electron chi connectivity index (χ2n) is 6.02. The van der Waals surface area contributed by atoms with Crippen molar-refractivity contribution in [2.24, 2.45) is 0 Å². The summed E-state index contributed by atoms with van der Waals surface area (Å²) in [5.41, 5.74) is 1.56. The number of allylic oxidation sites excluding steroid dienone is 4. The van der Waals surface area contributed by atoms with Crippen LogP contribution in [0.1, 0.15) is 26.7 Å². The molecule has 1 saturated carbocycles. The first kappa shape index (κ1) is 19.9. The van der Waals surface area contributed by atoms with Gasteiger partial charge in [-0.1, -0.05) is 0 Å². The van der Waals surface area contributed by atoms with Crippen LogP contribution in [0.3, 0.4) is 0 Å². The van der Waals surface area contributed by atoms with E-state index >= 15 is 0 Å². The number of hydrogen-bond acceptors (Lipinski definition) is 5. The maximum absolute atomic E-state index is 12.6. The Labute approximate surface area is 145 Å². The summed E-state index contributed by atoms with van der Waals surface area (Å²) in [5, 5.41) is 0. The van der Waals surface area contributed by atoms with E-state index in [1.165, 1.54) is 0 Å². The molecule has 0 aromatic carbocycles. The molecule has 0 aromatic heterocycles. The maximum Gasteiger partial charge on any atom is 0.185 e. The van der Waals surface area contributed by atoms with Crippen LogP contribution in [0.2, 0.25) is 0 Å². The number of Topliss-reactive ketones (excluding diaryl/α,β-unsaturated/α-hetero) is 1. The van der Waals surface area contributed by atoms with Crippen LogP contribution in [0.5, 0.6) is 0 Å². The summed E-state index contributed by atoms with van der Waals surface area (Å²) in [6, 6.07) is 0. The van der Waals surface area contributed by atoms with Crippen LogP contribution < -0.4 is 0 Å². The summed E-state index contributed by atoms with van der Waals surface area (Å²) in [5.74, 6) is 1.49. The smallest absolute Gasteiger partial charge is 0.185 e. The van der Waals surface area contributed by atoms with Crippen molar-refractivity contribution in [3.05, 3.63) is 47.2 Å². The molecule has 1 aliphatic rings. The first-order valence-electron chi connectivity index (χ1n) is 8.35. The molecule has 0 bridgehead atoms. The van der Waals surface area contributed by atoms with Crippen LogP contribution in [0.25, 0.3) is 0 Å². The van der Waals surface area contributed by atoms with E-state index in [1.54, 1.807) is 0 Å². The third kappa shape index (κ3) is 6.52. The molecular weight excluding hydrogens is 304 g/mol. The van der Waals surface area contributed by atoms with E-state index in [0.29, 0.717) is 24.7 Å². The van der Waals surface area contributed by atoms with Gasteiger partial charge in [0.2, 0.25) is 0 Å². The molecule has 24 heavy (non-hydrogen) atoms. The topological polar surface area (TPSA) is 42.0 Å². The lowest BCUT2D eigenvalue weighted by Gasteiger charge is -2.10. The van der Waals surface area contributed by atoms with Crippen molar-refractivity contribution < 1.29 is 14.3 Å². The summed E-state index contributed by atoms with van der Waals surface area (Å²) in [4.78, 5) is 16.4. The molecule has 0 heterocycles. The molecule has 1 fully saturated rings. The van der Waals surface area contributed by atoms with Crippen molar-refractivity contribution in [2.45, 2.75) is 26.7 Å². The summed E-state index contributed by atoms with van der Waals surface area (Å²) in [6.45, 7) is 5.01. The van der Waals surface area contributed by atoms with Gasteiger partial charge in [-0.15, -0.1) is 0 Å². The molecule has 5 nitrogen and oxygen atoms in total. The van der Waals surface area contributed by atoms with Crippen LogP contribution in [0.4, 0.5) is 0 Å². The number of hydrogen-bond donors (Lipinski definition) is 0. The highest BCUT2D eigenvalue weighted by Crippen LogP contribution is 2.28. The van der Waals surface area contributed by atoms with E-state index in [1.807, 2.05) is 76.4 Å². The minimum Gasteiger partial charge on any atom is -0.492 e. The Morgan fingerprint density at radius 2 is 1.25 bits per heavy atom. The zero-order valence-electron chi connectivity index (χ0n) is 15.8. The molecule has 1 aliphatic carbocycles. The zero-order chi connectivity index (χ0) is 18.1. The van der Waals surface area contributed by atoms with E-state index in [9.17, 15) is 4.79 Å². The minimum atomic E-state index is 0.0729. The Morgan fingerprint density at radius 3 is 1.54 bits per heavy atom. The van der Waals surface area contributed by atoms with Gasteiger partial charge < -0.3 is 19.3 Å². The van der Waals surface area contributed by atoms with Gasteiger partial charge in [0.15, 0.2) is 5.78 Å². The molecule has 0 spiro atoms. The van der Waals surface area contributed by atoms with E-state index < -0.39 is 0 Å². The fourth-order valence-electron chi connectivity index (χ4n) is 2.40. The predicted molar refractivity (Wildman–Crippen MR) is 97.2 cm³/mol. The van der Waals surface area contributed by atoms with Gasteiger partial charge in [0.25, 0.3) is 0 Å².